The van der Waals surface area contributed by atoms with Crippen LogP contribution in [-0.4, -0.2) is 30.8 Å². The average molecular weight is 382 g/mol. The van der Waals surface area contributed by atoms with E-state index in [9.17, 15) is 4.79 Å². The third kappa shape index (κ3) is 5.97. The summed E-state index contributed by atoms with van der Waals surface area (Å²) in [5.41, 5.74) is 8.54. The van der Waals surface area contributed by atoms with Gasteiger partial charge >= 0.3 is 5.97 Å². The number of hydrogen-bond donors (Lipinski definition) is 1. The van der Waals surface area contributed by atoms with Crippen LogP contribution < -0.4 is 5.73 Å². The van der Waals surface area contributed by atoms with Crippen LogP contribution in [0.3, 0.4) is 0 Å². The summed E-state index contributed by atoms with van der Waals surface area (Å²) in [6.45, 7) is 4.84. The van der Waals surface area contributed by atoms with Crippen LogP contribution in [0.25, 0.3) is 0 Å². The predicted molar refractivity (Wildman–Crippen MR) is 105 cm³/mol. The number of rotatable bonds is 5. The number of benzene rings is 1. The van der Waals surface area contributed by atoms with E-state index in [2.05, 4.69) is 31.2 Å². The SMILES string of the molecule is Cc1ccc(C[C@H]2CCC[C@H](N)C(=O)O[C@@H](C)[C@@H]2OCC2CC2)cc1.Cl. The number of carbonyl (C=O) groups excluding carboxylic acids is 1. The van der Waals surface area contributed by atoms with Gasteiger partial charge in [-0.05, 0) is 63.4 Å². The molecule has 3 rings (SSSR count). The molecule has 1 saturated heterocycles. The summed E-state index contributed by atoms with van der Waals surface area (Å²) in [5.74, 6) is 0.746. The van der Waals surface area contributed by atoms with E-state index in [4.69, 9.17) is 15.2 Å². The van der Waals surface area contributed by atoms with Crippen LogP contribution in [0.15, 0.2) is 24.3 Å². The van der Waals surface area contributed by atoms with Crippen molar-refractivity contribution in [1.29, 1.82) is 0 Å². The van der Waals surface area contributed by atoms with Gasteiger partial charge in [0.15, 0.2) is 0 Å². The van der Waals surface area contributed by atoms with Crippen molar-refractivity contribution in [2.45, 2.75) is 70.6 Å². The Bertz CT molecular complexity index is 573. The number of ether oxygens (including phenoxy) is 2. The fourth-order valence-electron chi connectivity index (χ4n) is 3.65. The number of nitrogens with two attached hydrogens (primary N) is 1. The van der Waals surface area contributed by atoms with E-state index >= 15 is 0 Å². The molecule has 146 valence electrons. The van der Waals surface area contributed by atoms with E-state index in [1.807, 2.05) is 6.92 Å². The third-order valence-electron chi connectivity index (χ3n) is 5.46. The van der Waals surface area contributed by atoms with Crippen molar-refractivity contribution in [3.8, 4) is 0 Å². The van der Waals surface area contributed by atoms with Crippen molar-refractivity contribution >= 4 is 18.4 Å². The maximum Gasteiger partial charge on any atom is 0.323 e. The third-order valence-corrected chi connectivity index (χ3v) is 5.46. The van der Waals surface area contributed by atoms with E-state index in [1.165, 1.54) is 24.0 Å². The Balaban J connectivity index is 0.00000243. The largest absolute Gasteiger partial charge is 0.459 e. The van der Waals surface area contributed by atoms with E-state index in [0.717, 1.165) is 25.9 Å². The molecule has 0 spiro atoms. The maximum atomic E-state index is 12.1. The van der Waals surface area contributed by atoms with Crippen molar-refractivity contribution in [3.63, 3.8) is 0 Å². The molecular weight excluding hydrogens is 350 g/mol. The normalized spacial score (nSPS) is 29.7. The van der Waals surface area contributed by atoms with Crippen LogP contribution in [0.1, 0.15) is 50.2 Å². The zero-order valence-electron chi connectivity index (χ0n) is 15.9. The van der Waals surface area contributed by atoms with Gasteiger partial charge in [-0.3, -0.25) is 4.79 Å². The Labute approximate surface area is 163 Å². The van der Waals surface area contributed by atoms with Gasteiger partial charge in [0.25, 0.3) is 0 Å². The van der Waals surface area contributed by atoms with E-state index in [1.54, 1.807) is 0 Å². The van der Waals surface area contributed by atoms with Gasteiger partial charge in [-0.2, -0.15) is 0 Å². The van der Waals surface area contributed by atoms with Gasteiger partial charge < -0.3 is 15.2 Å². The lowest BCUT2D eigenvalue weighted by atomic mass is 9.86. The second-order valence-corrected chi connectivity index (χ2v) is 7.87. The van der Waals surface area contributed by atoms with Crippen molar-refractivity contribution in [1.82, 2.24) is 0 Å². The molecule has 4 nitrogen and oxygen atoms in total. The van der Waals surface area contributed by atoms with Gasteiger partial charge in [0, 0.05) is 6.61 Å². The lowest BCUT2D eigenvalue weighted by Gasteiger charge is -2.31. The lowest BCUT2D eigenvalue weighted by Crippen LogP contribution is -2.41. The molecule has 1 aromatic carbocycles. The first-order valence-corrected chi connectivity index (χ1v) is 9.66. The highest BCUT2D eigenvalue weighted by atomic mass is 35.5. The standard InChI is InChI=1S/C21H31NO3.ClH/c1-14-6-8-16(9-7-14)12-18-4-3-5-19(22)21(23)25-15(2)20(18)24-13-17-10-11-17;/h6-9,15,17-20H,3-5,10-13,22H2,1-2H3;1H/t15-,18+,19-,20-;/m0./s1. The number of hydrogen-bond acceptors (Lipinski definition) is 4. The van der Waals surface area contributed by atoms with Crippen LogP contribution in [0.2, 0.25) is 0 Å². The molecule has 2 fully saturated rings. The molecule has 0 radical (unpaired) electrons. The lowest BCUT2D eigenvalue weighted by molar-refractivity contribution is -0.160. The summed E-state index contributed by atoms with van der Waals surface area (Å²) in [6.07, 6.45) is 5.78. The Morgan fingerprint density at radius 1 is 1.15 bits per heavy atom. The molecule has 0 amide bonds. The minimum Gasteiger partial charge on any atom is -0.459 e. The number of aryl methyl sites for hydroxylation is 1. The number of esters is 1. The van der Waals surface area contributed by atoms with Gasteiger partial charge in [-0.25, -0.2) is 0 Å². The summed E-state index contributed by atoms with van der Waals surface area (Å²) in [7, 11) is 0. The Hall–Kier alpha value is -1.10. The zero-order valence-corrected chi connectivity index (χ0v) is 16.7. The van der Waals surface area contributed by atoms with E-state index in [-0.39, 0.29) is 30.6 Å². The highest BCUT2D eigenvalue weighted by Gasteiger charge is 2.35. The fourth-order valence-corrected chi connectivity index (χ4v) is 3.65. The second kappa shape index (κ2) is 9.72. The Morgan fingerprint density at radius 2 is 1.85 bits per heavy atom. The molecule has 0 bridgehead atoms. The average Bonchev–Trinajstić information content (AvgIpc) is 3.40. The van der Waals surface area contributed by atoms with Gasteiger partial charge in [0.05, 0.1) is 6.10 Å². The number of cyclic esters (lactones) is 1. The van der Waals surface area contributed by atoms with Crippen LogP contribution >= 0.6 is 12.4 Å². The Morgan fingerprint density at radius 3 is 2.50 bits per heavy atom. The molecule has 26 heavy (non-hydrogen) atoms. The van der Waals surface area contributed by atoms with E-state index in [0.29, 0.717) is 18.3 Å². The molecule has 1 saturated carbocycles. The molecule has 2 aliphatic rings. The second-order valence-electron chi connectivity index (χ2n) is 7.87. The smallest absolute Gasteiger partial charge is 0.323 e. The summed E-state index contributed by atoms with van der Waals surface area (Å²) in [4.78, 5) is 12.1. The first-order valence-electron chi connectivity index (χ1n) is 9.66. The number of carbonyl (C=O) groups is 1. The maximum absolute atomic E-state index is 12.1. The first-order chi connectivity index (χ1) is 12.0. The predicted octanol–water partition coefficient (Wildman–Crippen LogP) is 3.81. The van der Waals surface area contributed by atoms with Gasteiger partial charge in [-0.1, -0.05) is 36.2 Å². The molecule has 2 N–H and O–H groups in total. The molecule has 1 aromatic rings. The molecule has 0 unspecified atom stereocenters. The fraction of sp³-hybridized carbons (Fsp3) is 0.667. The molecule has 1 aliphatic heterocycles. The number of halogens is 1. The quantitative estimate of drug-likeness (QED) is 0.787. The Kier molecular flexibility index (Phi) is 7.93. The topological polar surface area (TPSA) is 61.6 Å². The molecule has 4 atom stereocenters. The first kappa shape index (κ1) is 21.2. The van der Waals surface area contributed by atoms with Crippen molar-refractivity contribution in [2.24, 2.45) is 17.6 Å². The molecule has 1 heterocycles. The molecule has 0 aromatic heterocycles. The van der Waals surface area contributed by atoms with Crippen molar-refractivity contribution in [2.75, 3.05) is 6.61 Å². The van der Waals surface area contributed by atoms with Crippen molar-refractivity contribution in [3.05, 3.63) is 35.4 Å². The monoisotopic (exact) mass is 381 g/mol. The van der Waals surface area contributed by atoms with Crippen LogP contribution in [0.4, 0.5) is 0 Å². The van der Waals surface area contributed by atoms with Crippen LogP contribution in [-0.2, 0) is 20.7 Å². The van der Waals surface area contributed by atoms with Crippen molar-refractivity contribution < 1.29 is 14.3 Å². The zero-order chi connectivity index (χ0) is 17.8. The highest BCUT2D eigenvalue weighted by molar-refractivity contribution is 5.85. The summed E-state index contributed by atoms with van der Waals surface area (Å²) in [5, 5.41) is 0. The highest BCUT2D eigenvalue weighted by Crippen LogP contribution is 2.32. The minimum absolute atomic E-state index is 0. The summed E-state index contributed by atoms with van der Waals surface area (Å²) in [6, 6.07) is 8.20. The minimum atomic E-state index is -0.510. The van der Waals surface area contributed by atoms with Gasteiger partial charge in [-0.15, -0.1) is 12.4 Å². The van der Waals surface area contributed by atoms with E-state index < -0.39 is 6.04 Å². The summed E-state index contributed by atoms with van der Waals surface area (Å²) < 4.78 is 11.9. The van der Waals surface area contributed by atoms with Gasteiger partial charge in [0.2, 0.25) is 0 Å². The van der Waals surface area contributed by atoms with Gasteiger partial charge in [0.1, 0.15) is 12.1 Å². The van der Waals surface area contributed by atoms with Crippen LogP contribution in [0.5, 0.6) is 0 Å². The summed E-state index contributed by atoms with van der Waals surface area (Å²) >= 11 is 0. The van der Waals surface area contributed by atoms with Crippen LogP contribution in [0, 0.1) is 18.8 Å². The molecule has 1 aliphatic carbocycles. The molecular formula is C21H32ClNO3. The molecule has 5 heteroatoms.